The zero-order chi connectivity index (χ0) is 11.7. The summed E-state index contributed by atoms with van der Waals surface area (Å²) in [6.45, 7) is 3.14. The summed E-state index contributed by atoms with van der Waals surface area (Å²) in [6.07, 6.45) is 2.70. The number of hydrogen-bond donors (Lipinski definition) is 1. The number of benzene rings is 1. The van der Waals surface area contributed by atoms with Crippen molar-refractivity contribution in [3.05, 3.63) is 34.9 Å². The molecule has 0 radical (unpaired) electrons. The van der Waals surface area contributed by atoms with Crippen LogP contribution in [-0.2, 0) is 6.54 Å². The van der Waals surface area contributed by atoms with Crippen LogP contribution in [0.1, 0.15) is 29.5 Å². The molecular formula is C13H18N2S. The molecule has 1 fully saturated rings. The van der Waals surface area contributed by atoms with Crippen LogP contribution in [0.4, 0.5) is 0 Å². The van der Waals surface area contributed by atoms with Gasteiger partial charge in [-0.25, -0.2) is 0 Å². The first-order chi connectivity index (χ1) is 7.58. The van der Waals surface area contributed by atoms with Crippen LogP contribution < -0.4 is 5.73 Å². The molecule has 86 valence electrons. The topological polar surface area (TPSA) is 29.3 Å². The molecule has 0 heterocycles. The Morgan fingerprint density at radius 3 is 2.69 bits per heavy atom. The molecule has 3 heteroatoms. The maximum Gasteiger partial charge on any atom is 0.103 e. The summed E-state index contributed by atoms with van der Waals surface area (Å²) in [4.78, 5) is 2.90. The van der Waals surface area contributed by atoms with E-state index < -0.39 is 0 Å². The molecule has 2 N–H and O–H groups in total. The first-order valence-electron chi connectivity index (χ1n) is 5.67. The Morgan fingerprint density at radius 2 is 2.19 bits per heavy atom. The van der Waals surface area contributed by atoms with Crippen molar-refractivity contribution in [3.8, 4) is 0 Å². The molecule has 2 nitrogen and oxygen atoms in total. The molecule has 0 saturated heterocycles. The molecule has 1 saturated carbocycles. The van der Waals surface area contributed by atoms with Gasteiger partial charge in [0.1, 0.15) is 4.99 Å². The van der Waals surface area contributed by atoms with Gasteiger partial charge in [0, 0.05) is 18.2 Å². The van der Waals surface area contributed by atoms with Gasteiger partial charge in [0.25, 0.3) is 0 Å². The summed E-state index contributed by atoms with van der Waals surface area (Å²) in [7, 11) is 2.19. The van der Waals surface area contributed by atoms with Gasteiger partial charge in [-0.15, -0.1) is 0 Å². The van der Waals surface area contributed by atoms with E-state index in [4.69, 9.17) is 18.0 Å². The monoisotopic (exact) mass is 234 g/mol. The minimum Gasteiger partial charge on any atom is -0.389 e. The van der Waals surface area contributed by atoms with Crippen molar-refractivity contribution in [2.45, 2.75) is 32.4 Å². The van der Waals surface area contributed by atoms with E-state index in [0.29, 0.717) is 4.99 Å². The second kappa shape index (κ2) is 4.52. The zero-order valence-electron chi connectivity index (χ0n) is 9.86. The molecule has 0 aromatic heterocycles. The maximum absolute atomic E-state index is 5.61. The highest BCUT2D eigenvalue weighted by molar-refractivity contribution is 7.80. The van der Waals surface area contributed by atoms with Crippen LogP contribution in [0.3, 0.4) is 0 Å². The molecule has 1 aliphatic carbocycles. The molecule has 2 rings (SSSR count). The van der Waals surface area contributed by atoms with Gasteiger partial charge in [-0.2, -0.15) is 0 Å². The number of aryl methyl sites for hydroxylation is 1. The van der Waals surface area contributed by atoms with Crippen molar-refractivity contribution in [1.82, 2.24) is 4.90 Å². The van der Waals surface area contributed by atoms with Crippen LogP contribution in [0, 0.1) is 6.92 Å². The lowest BCUT2D eigenvalue weighted by atomic mass is 10.0. The number of rotatable bonds is 4. The van der Waals surface area contributed by atoms with E-state index in [1.807, 2.05) is 6.07 Å². The minimum absolute atomic E-state index is 0.477. The molecule has 0 aliphatic heterocycles. The number of hydrogen-bond acceptors (Lipinski definition) is 2. The molecule has 1 aromatic carbocycles. The van der Waals surface area contributed by atoms with E-state index in [9.17, 15) is 0 Å². The predicted molar refractivity (Wildman–Crippen MR) is 71.6 cm³/mol. The van der Waals surface area contributed by atoms with E-state index in [1.165, 1.54) is 24.0 Å². The Kier molecular flexibility index (Phi) is 3.26. The molecule has 0 amide bonds. The molecule has 0 spiro atoms. The van der Waals surface area contributed by atoms with Gasteiger partial charge in [0.2, 0.25) is 0 Å². The first-order valence-corrected chi connectivity index (χ1v) is 6.08. The van der Waals surface area contributed by atoms with Crippen LogP contribution in [-0.4, -0.2) is 23.0 Å². The van der Waals surface area contributed by atoms with E-state index in [1.54, 1.807) is 0 Å². The quantitative estimate of drug-likeness (QED) is 0.810. The number of nitrogens with two attached hydrogens (primary N) is 1. The van der Waals surface area contributed by atoms with E-state index in [0.717, 1.165) is 18.2 Å². The fourth-order valence-corrected chi connectivity index (χ4v) is 2.07. The molecular weight excluding hydrogens is 216 g/mol. The van der Waals surface area contributed by atoms with Crippen molar-refractivity contribution >= 4 is 17.2 Å². The largest absolute Gasteiger partial charge is 0.389 e. The van der Waals surface area contributed by atoms with Crippen LogP contribution in [0.2, 0.25) is 0 Å². The third kappa shape index (κ3) is 2.60. The van der Waals surface area contributed by atoms with Gasteiger partial charge in [0.15, 0.2) is 0 Å². The molecule has 16 heavy (non-hydrogen) atoms. The molecule has 1 aliphatic rings. The van der Waals surface area contributed by atoms with Crippen LogP contribution in [0.15, 0.2) is 18.2 Å². The SMILES string of the molecule is Cc1cc(C(N)=S)ccc1CN(C)C1CC1. The Morgan fingerprint density at radius 1 is 1.50 bits per heavy atom. The van der Waals surface area contributed by atoms with Crippen LogP contribution >= 0.6 is 12.2 Å². The summed E-state index contributed by atoms with van der Waals surface area (Å²) < 4.78 is 0. The van der Waals surface area contributed by atoms with Gasteiger partial charge < -0.3 is 5.73 Å². The lowest BCUT2D eigenvalue weighted by Gasteiger charge is -2.17. The van der Waals surface area contributed by atoms with E-state index in [2.05, 4.69) is 31.0 Å². The van der Waals surface area contributed by atoms with Gasteiger partial charge in [0.05, 0.1) is 0 Å². The summed E-state index contributed by atoms with van der Waals surface area (Å²) in [6, 6.07) is 7.04. The second-order valence-electron chi connectivity index (χ2n) is 4.65. The third-order valence-corrected chi connectivity index (χ3v) is 3.45. The van der Waals surface area contributed by atoms with Gasteiger partial charge >= 0.3 is 0 Å². The van der Waals surface area contributed by atoms with Crippen molar-refractivity contribution in [3.63, 3.8) is 0 Å². The summed E-state index contributed by atoms with van der Waals surface area (Å²) in [5.74, 6) is 0. The van der Waals surface area contributed by atoms with Crippen molar-refractivity contribution < 1.29 is 0 Å². The van der Waals surface area contributed by atoms with Gasteiger partial charge in [-0.1, -0.05) is 24.4 Å². The van der Waals surface area contributed by atoms with E-state index >= 15 is 0 Å². The third-order valence-electron chi connectivity index (χ3n) is 3.22. The van der Waals surface area contributed by atoms with Crippen molar-refractivity contribution in [2.24, 2.45) is 5.73 Å². The van der Waals surface area contributed by atoms with Gasteiger partial charge in [-0.3, -0.25) is 4.90 Å². The Labute approximate surface area is 102 Å². The second-order valence-corrected chi connectivity index (χ2v) is 5.09. The standard InChI is InChI=1S/C13H18N2S/c1-9-7-10(13(14)16)3-4-11(9)8-15(2)12-5-6-12/h3-4,7,12H,5-6,8H2,1-2H3,(H2,14,16). The normalized spacial score (nSPS) is 15.4. The molecule has 0 atom stereocenters. The molecule has 1 aromatic rings. The fraction of sp³-hybridized carbons (Fsp3) is 0.462. The Balaban J connectivity index is 2.12. The maximum atomic E-state index is 5.61. The molecule has 0 unspecified atom stereocenters. The van der Waals surface area contributed by atoms with Crippen LogP contribution in [0.5, 0.6) is 0 Å². The van der Waals surface area contributed by atoms with E-state index in [-0.39, 0.29) is 0 Å². The van der Waals surface area contributed by atoms with Gasteiger partial charge in [-0.05, 0) is 44.0 Å². The first kappa shape index (κ1) is 11.6. The Bertz CT molecular complexity index is 410. The Hall–Kier alpha value is -0.930. The van der Waals surface area contributed by atoms with Crippen molar-refractivity contribution in [2.75, 3.05) is 7.05 Å². The van der Waals surface area contributed by atoms with Crippen LogP contribution in [0.25, 0.3) is 0 Å². The highest BCUT2D eigenvalue weighted by Crippen LogP contribution is 2.27. The average Bonchev–Trinajstić information content (AvgIpc) is 3.03. The number of nitrogens with zero attached hydrogens (tertiary/aromatic N) is 1. The highest BCUT2D eigenvalue weighted by Gasteiger charge is 2.26. The predicted octanol–water partition coefficient (Wildman–Crippen LogP) is 2.22. The highest BCUT2D eigenvalue weighted by atomic mass is 32.1. The molecule has 0 bridgehead atoms. The lowest BCUT2D eigenvalue weighted by molar-refractivity contribution is 0.316. The number of thiocarbonyl (C=S) groups is 1. The fourth-order valence-electron chi connectivity index (χ4n) is 1.94. The summed E-state index contributed by atoms with van der Waals surface area (Å²) >= 11 is 4.97. The average molecular weight is 234 g/mol. The smallest absolute Gasteiger partial charge is 0.103 e. The summed E-state index contributed by atoms with van der Waals surface area (Å²) in [5, 5.41) is 0. The minimum atomic E-state index is 0.477. The lowest BCUT2D eigenvalue weighted by Crippen LogP contribution is -2.20. The zero-order valence-corrected chi connectivity index (χ0v) is 10.7. The van der Waals surface area contributed by atoms with Crippen molar-refractivity contribution in [1.29, 1.82) is 0 Å². The summed E-state index contributed by atoms with van der Waals surface area (Å²) in [5.41, 5.74) is 9.22.